The molecule has 138 valence electrons. The fourth-order valence-electron chi connectivity index (χ4n) is 2.49. The van der Waals surface area contributed by atoms with E-state index in [0.717, 1.165) is 17.7 Å². The van der Waals surface area contributed by atoms with E-state index in [-0.39, 0.29) is 5.91 Å². The Morgan fingerprint density at radius 1 is 0.923 bits per heavy atom. The van der Waals surface area contributed by atoms with Gasteiger partial charge in [0.15, 0.2) is 0 Å². The molecule has 0 atom stereocenters. The van der Waals surface area contributed by atoms with Gasteiger partial charge in [-0.3, -0.25) is 9.59 Å². The molecule has 0 aliphatic carbocycles. The second-order valence-electron chi connectivity index (χ2n) is 6.18. The summed E-state index contributed by atoms with van der Waals surface area (Å²) in [6.45, 7) is 3.27. The molecule has 2 aromatic rings. The normalized spacial score (nSPS) is 10.3. The molecule has 0 aliphatic heterocycles. The summed E-state index contributed by atoms with van der Waals surface area (Å²) in [4.78, 5) is 23.3. The summed E-state index contributed by atoms with van der Waals surface area (Å²) in [5.41, 5.74) is 7.14. The number of carbonyl (C=O) groups excluding carboxylic acids is 2. The van der Waals surface area contributed by atoms with Crippen LogP contribution in [0.1, 0.15) is 58.9 Å². The van der Waals surface area contributed by atoms with Gasteiger partial charge in [-0.15, -0.1) is 0 Å². The Kier molecular flexibility index (Phi) is 7.68. The summed E-state index contributed by atoms with van der Waals surface area (Å²) in [7, 11) is 0. The van der Waals surface area contributed by atoms with Crippen LogP contribution in [0.4, 0.5) is 0 Å². The van der Waals surface area contributed by atoms with Gasteiger partial charge in [0.1, 0.15) is 5.75 Å². The first-order valence-electron chi connectivity index (χ1n) is 9.00. The first-order chi connectivity index (χ1) is 12.6. The number of nitrogens with two attached hydrogens (primary N) is 1. The van der Waals surface area contributed by atoms with Crippen molar-refractivity contribution in [1.29, 1.82) is 0 Å². The molecular weight excluding hydrogens is 328 g/mol. The van der Waals surface area contributed by atoms with Crippen molar-refractivity contribution in [1.82, 2.24) is 5.32 Å². The van der Waals surface area contributed by atoms with Crippen LogP contribution in [0, 0.1) is 0 Å². The Bertz CT molecular complexity index is 709. The topological polar surface area (TPSA) is 81.4 Å². The molecule has 0 saturated carbocycles. The van der Waals surface area contributed by atoms with Gasteiger partial charge in [0, 0.05) is 17.7 Å². The highest BCUT2D eigenvalue weighted by Gasteiger charge is 2.06. The third-order valence-electron chi connectivity index (χ3n) is 4.07. The molecule has 0 heterocycles. The number of hydrogen-bond acceptors (Lipinski definition) is 3. The molecule has 2 rings (SSSR count). The Morgan fingerprint density at radius 2 is 1.58 bits per heavy atom. The van der Waals surface area contributed by atoms with Gasteiger partial charge in [0.2, 0.25) is 5.91 Å². The van der Waals surface area contributed by atoms with Crippen molar-refractivity contribution >= 4 is 11.8 Å². The summed E-state index contributed by atoms with van der Waals surface area (Å²) in [6.07, 6.45) is 4.66. The lowest BCUT2D eigenvalue weighted by Gasteiger charge is -2.08. The number of unbranched alkanes of at least 4 members (excludes halogenated alkanes) is 3. The molecule has 0 aromatic heterocycles. The molecule has 5 heteroatoms. The summed E-state index contributed by atoms with van der Waals surface area (Å²) >= 11 is 0. The predicted molar refractivity (Wildman–Crippen MR) is 102 cm³/mol. The molecule has 0 radical (unpaired) electrons. The lowest BCUT2D eigenvalue weighted by Crippen LogP contribution is -2.22. The summed E-state index contributed by atoms with van der Waals surface area (Å²) in [6, 6.07) is 14.0. The number of rotatable bonds is 10. The molecule has 26 heavy (non-hydrogen) atoms. The van der Waals surface area contributed by atoms with Crippen molar-refractivity contribution in [3.05, 3.63) is 65.2 Å². The highest BCUT2D eigenvalue weighted by molar-refractivity contribution is 5.94. The quantitative estimate of drug-likeness (QED) is 0.639. The molecule has 3 N–H and O–H groups in total. The third-order valence-corrected chi connectivity index (χ3v) is 4.07. The number of carbonyl (C=O) groups is 2. The van der Waals surface area contributed by atoms with Gasteiger partial charge < -0.3 is 15.8 Å². The smallest absolute Gasteiger partial charge is 0.251 e. The zero-order chi connectivity index (χ0) is 18.8. The standard InChI is InChI=1S/C21H26N2O3/c1-2-3-4-5-14-26-19-12-10-18(11-13-19)21(25)23-15-16-6-8-17(9-7-16)20(22)24/h6-13H,2-5,14-15H2,1H3,(H2,22,24)(H,23,25). The Balaban J connectivity index is 1.79. The van der Waals surface area contributed by atoms with Crippen LogP contribution in [0.2, 0.25) is 0 Å². The van der Waals surface area contributed by atoms with Crippen LogP contribution in [0.25, 0.3) is 0 Å². The average molecular weight is 354 g/mol. The van der Waals surface area contributed by atoms with Crippen molar-refractivity contribution in [3.63, 3.8) is 0 Å². The molecular formula is C21H26N2O3. The summed E-state index contributed by atoms with van der Waals surface area (Å²) < 4.78 is 5.68. The Labute approximate surface area is 154 Å². The van der Waals surface area contributed by atoms with E-state index in [4.69, 9.17) is 10.5 Å². The van der Waals surface area contributed by atoms with Gasteiger partial charge in [0.05, 0.1) is 6.61 Å². The molecule has 0 unspecified atom stereocenters. The predicted octanol–water partition coefficient (Wildman–Crippen LogP) is 3.67. The van der Waals surface area contributed by atoms with E-state index in [2.05, 4.69) is 12.2 Å². The van der Waals surface area contributed by atoms with Crippen molar-refractivity contribution in [2.75, 3.05) is 6.61 Å². The van der Waals surface area contributed by atoms with Gasteiger partial charge in [0.25, 0.3) is 5.91 Å². The highest BCUT2D eigenvalue weighted by Crippen LogP contribution is 2.13. The van der Waals surface area contributed by atoms with Crippen LogP contribution >= 0.6 is 0 Å². The third kappa shape index (κ3) is 6.24. The van der Waals surface area contributed by atoms with Crippen LogP contribution in [0.3, 0.4) is 0 Å². The molecule has 0 aliphatic rings. The number of primary amides is 1. The first-order valence-corrected chi connectivity index (χ1v) is 9.00. The highest BCUT2D eigenvalue weighted by atomic mass is 16.5. The maximum Gasteiger partial charge on any atom is 0.251 e. The van der Waals surface area contributed by atoms with Crippen LogP contribution in [0.15, 0.2) is 48.5 Å². The minimum atomic E-state index is -0.465. The van der Waals surface area contributed by atoms with E-state index in [1.807, 2.05) is 12.1 Å². The molecule has 2 aromatic carbocycles. The van der Waals surface area contributed by atoms with Gasteiger partial charge in [-0.05, 0) is 48.4 Å². The fourth-order valence-corrected chi connectivity index (χ4v) is 2.49. The number of hydrogen-bond donors (Lipinski definition) is 2. The minimum absolute atomic E-state index is 0.154. The minimum Gasteiger partial charge on any atom is -0.494 e. The second-order valence-corrected chi connectivity index (χ2v) is 6.18. The van der Waals surface area contributed by atoms with Gasteiger partial charge in [-0.25, -0.2) is 0 Å². The maximum atomic E-state index is 12.2. The summed E-state index contributed by atoms with van der Waals surface area (Å²) in [5.74, 6) is 0.159. The Morgan fingerprint density at radius 3 is 2.19 bits per heavy atom. The molecule has 0 saturated heterocycles. The zero-order valence-electron chi connectivity index (χ0n) is 15.2. The van der Waals surface area contributed by atoms with Crippen molar-refractivity contribution in [3.8, 4) is 5.75 Å². The lowest BCUT2D eigenvalue weighted by atomic mass is 10.1. The van der Waals surface area contributed by atoms with E-state index < -0.39 is 5.91 Å². The van der Waals surface area contributed by atoms with Gasteiger partial charge in [-0.2, -0.15) is 0 Å². The van der Waals surface area contributed by atoms with Crippen molar-refractivity contribution in [2.45, 2.75) is 39.2 Å². The average Bonchev–Trinajstić information content (AvgIpc) is 2.66. The molecule has 0 bridgehead atoms. The van der Waals surface area contributed by atoms with Crippen LogP contribution in [-0.2, 0) is 6.54 Å². The number of ether oxygens (including phenoxy) is 1. The van der Waals surface area contributed by atoms with E-state index >= 15 is 0 Å². The van der Waals surface area contributed by atoms with E-state index in [9.17, 15) is 9.59 Å². The van der Waals surface area contributed by atoms with Crippen molar-refractivity contribution < 1.29 is 14.3 Å². The van der Waals surface area contributed by atoms with E-state index in [1.54, 1.807) is 36.4 Å². The van der Waals surface area contributed by atoms with E-state index in [0.29, 0.717) is 24.3 Å². The monoisotopic (exact) mass is 354 g/mol. The molecule has 5 nitrogen and oxygen atoms in total. The van der Waals surface area contributed by atoms with Crippen LogP contribution < -0.4 is 15.8 Å². The largest absolute Gasteiger partial charge is 0.494 e. The molecule has 0 spiro atoms. The number of nitrogens with one attached hydrogen (secondary N) is 1. The van der Waals surface area contributed by atoms with Crippen molar-refractivity contribution in [2.24, 2.45) is 5.73 Å². The number of amides is 2. The van der Waals surface area contributed by atoms with Crippen LogP contribution in [0.5, 0.6) is 5.75 Å². The SMILES string of the molecule is CCCCCCOc1ccc(C(=O)NCc2ccc(C(N)=O)cc2)cc1. The second kappa shape index (κ2) is 10.2. The first kappa shape index (κ1) is 19.5. The van der Waals surface area contributed by atoms with Gasteiger partial charge >= 0.3 is 0 Å². The maximum absolute atomic E-state index is 12.2. The zero-order valence-corrected chi connectivity index (χ0v) is 15.2. The lowest BCUT2D eigenvalue weighted by molar-refractivity contribution is 0.0949. The molecule has 2 amide bonds. The van der Waals surface area contributed by atoms with E-state index in [1.165, 1.54) is 19.3 Å². The number of benzene rings is 2. The molecule has 0 fully saturated rings. The van der Waals surface area contributed by atoms with Gasteiger partial charge in [-0.1, -0.05) is 38.3 Å². The summed E-state index contributed by atoms with van der Waals surface area (Å²) in [5, 5.41) is 2.85. The fraction of sp³-hybridized carbons (Fsp3) is 0.333. The van der Waals surface area contributed by atoms with Crippen LogP contribution in [-0.4, -0.2) is 18.4 Å². The Hall–Kier alpha value is -2.82.